The quantitative estimate of drug-likeness (QED) is 0.886. The van der Waals surface area contributed by atoms with Crippen molar-refractivity contribution >= 4 is 5.91 Å². The number of hydrogen-bond donors (Lipinski definition) is 1. The van der Waals surface area contributed by atoms with Gasteiger partial charge in [-0.05, 0) is 24.5 Å². The number of nitrogens with one attached hydrogen (secondary N) is 1. The first-order valence-corrected chi connectivity index (χ1v) is 7.15. The van der Waals surface area contributed by atoms with Crippen LogP contribution in [-0.2, 0) is 4.79 Å². The molecule has 0 radical (unpaired) electrons. The van der Waals surface area contributed by atoms with Gasteiger partial charge in [0.25, 0.3) is 0 Å². The van der Waals surface area contributed by atoms with E-state index in [0.29, 0.717) is 0 Å². The maximum absolute atomic E-state index is 12.3. The first-order valence-electron chi connectivity index (χ1n) is 7.15. The minimum Gasteiger partial charge on any atom is -0.356 e. The zero-order valence-corrected chi connectivity index (χ0v) is 11.7. The smallest absolute Gasteiger partial charge is 0.228 e. The zero-order valence-electron chi connectivity index (χ0n) is 11.7. The molecule has 0 spiro atoms. The summed E-state index contributed by atoms with van der Waals surface area (Å²) in [6, 6.07) is 18.7. The zero-order chi connectivity index (χ0) is 13.9. The maximum atomic E-state index is 12.3. The van der Waals surface area contributed by atoms with Crippen molar-refractivity contribution in [3.63, 3.8) is 0 Å². The molecule has 0 unspecified atom stereocenters. The van der Waals surface area contributed by atoms with E-state index in [1.165, 1.54) is 11.1 Å². The molecule has 1 fully saturated rings. The highest BCUT2D eigenvalue weighted by Crippen LogP contribution is 2.37. The fourth-order valence-corrected chi connectivity index (χ4v) is 3.03. The molecular weight excluding hydrogens is 246 g/mol. The molecule has 0 saturated carbocycles. The molecule has 20 heavy (non-hydrogen) atoms. The molecule has 0 aromatic heterocycles. The summed E-state index contributed by atoms with van der Waals surface area (Å²) < 4.78 is 0. The van der Waals surface area contributed by atoms with Crippen molar-refractivity contribution in [2.75, 3.05) is 6.54 Å². The Kier molecular flexibility index (Phi) is 3.55. The number of piperidine rings is 1. The second-order valence-electron chi connectivity index (χ2n) is 5.49. The third kappa shape index (κ3) is 2.46. The SMILES string of the molecule is Cc1ccc([C@@H]2CCNC(=O)[C@@H]2c2ccccc2)cc1. The summed E-state index contributed by atoms with van der Waals surface area (Å²) in [6.07, 6.45) is 0.994. The second kappa shape index (κ2) is 5.49. The first-order chi connectivity index (χ1) is 9.75. The molecule has 1 heterocycles. The molecule has 1 amide bonds. The van der Waals surface area contributed by atoms with Crippen LogP contribution in [0.1, 0.15) is 34.9 Å². The van der Waals surface area contributed by atoms with Gasteiger partial charge < -0.3 is 5.32 Å². The number of hydrogen-bond acceptors (Lipinski definition) is 1. The van der Waals surface area contributed by atoms with E-state index in [2.05, 4.69) is 48.6 Å². The number of carbonyl (C=O) groups excluding carboxylic acids is 1. The predicted molar refractivity (Wildman–Crippen MR) is 80.7 cm³/mol. The van der Waals surface area contributed by atoms with Crippen LogP contribution in [0.5, 0.6) is 0 Å². The minimum atomic E-state index is -0.0762. The van der Waals surface area contributed by atoms with Gasteiger partial charge in [0.1, 0.15) is 0 Å². The van der Waals surface area contributed by atoms with E-state index < -0.39 is 0 Å². The molecular formula is C18H19NO. The lowest BCUT2D eigenvalue weighted by Gasteiger charge is -2.32. The van der Waals surface area contributed by atoms with Crippen LogP contribution in [-0.4, -0.2) is 12.5 Å². The lowest BCUT2D eigenvalue weighted by molar-refractivity contribution is -0.124. The topological polar surface area (TPSA) is 29.1 Å². The summed E-state index contributed by atoms with van der Waals surface area (Å²) in [5, 5.41) is 3.00. The lowest BCUT2D eigenvalue weighted by Crippen LogP contribution is -2.39. The van der Waals surface area contributed by atoms with Gasteiger partial charge in [0, 0.05) is 12.5 Å². The fourth-order valence-electron chi connectivity index (χ4n) is 3.03. The van der Waals surface area contributed by atoms with E-state index >= 15 is 0 Å². The number of carbonyl (C=O) groups is 1. The molecule has 2 atom stereocenters. The van der Waals surface area contributed by atoms with E-state index in [4.69, 9.17) is 0 Å². The van der Waals surface area contributed by atoms with Gasteiger partial charge in [-0.3, -0.25) is 4.79 Å². The van der Waals surface area contributed by atoms with Crippen LogP contribution in [0.15, 0.2) is 54.6 Å². The van der Waals surface area contributed by atoms with Crippen molar-refractivity contribution < 1.29 is 4.79 Å². The van der Waals surface area contributed by atoms with Crippen LogP contribution in [0, 0.1) is 6.92 Å². The Morgan fingerprint density at radius 3 is 2.35 bits per heavy atom. The molecule has 0 bridgehead atoms. The molecule has 0 aliphatic carbocycles. The van der Waals surface area contributed by atoms with Gasteiger partial charge in [-0.25, -0.2) is 0 Å². The van der Waals surface area contributed by atoms with Gasteiger partial charge in [0.15, 0.2) is 0 Å². The molecule has 1 N–H and O–H groups in total. The number of benzene rings is 2. The van der Waals surface area contributed by atoms with E-state index in [1.807, 2.05) is 18.2 Å². The van der Waals surface area contributed by atoms with E-state index in [1.54, 1.807) is 0 Å². The highest BCUT2D eigenvalue weighted by atomic mass is 16.1. The van der Waals surface area contributed by atoms with Gasteiger partial charge in [0.05, 0.1) is 5.92 Å². The Bertz CT molecular complexity index is 589. The summed E-state index contributed by atoms with van der Waals surface area (Å²) in [5.41, 5.74) is 3.62. The van der Waals surface area contributed by atoms with Crippen LogP contribution in [0.3, 0.4) is 0 Å². The highest BCUT2D eigenvalue weighted by Gasteiger charge is 2.33. The molecule has 2 aromatic carbocycles. The van der Waals surface area contributed by atoms with Gasteiger partial charge in [0.2, 0.25) is 5.91 Å². The van der Waals surface area contributed by atoms with Crippen molar-refractivity contribution in [1.29, 1.82) is 0 Å². The van der Waals surface area contributed by atoms with Gasteiger partial charge in [-0.15, -0.1) is 0 Å². The Hall–Kier alpha value is -2.09. The molecule has 2 aromatic rings. The standard InChI is InChI=1S/C18H19NO/c1-13-7-9-14(10-8-13)16-11-12-19-18(20)17(16)15-5-3-2-4-6-15/h2-10,16-17H,11-12H2,1H3,(H,19,20)/t16-,17+/m0/s1. The van der Waals surface area contributed by atoms with E-state index in [9.17, 15) is 4.79 Å². The third-order valence-electron chi connectivity index (χ3n) is 4.10. The Balaban J connectivity index is 1.98. The van der Waals surface area contributed by atoms with Crippen LogP contribution in [0.4, 0.5) is 0 Å². The summed E-state index contributed by atoms with van der Waals surface area (Å²) >= 11 is 0. The van der Waals surface area contributed by atoms with Gasteiger partial charge in [-0.1, -0.05) is 60.2 Å². The number of amides is 1. The first kappa shape index (κ1) is 12.9. The molecule has 2 heteroatoms. The average molecular weight is 265 g/mol. The minimum absolute atomic E-state index is 0.0762. The Morgan fingerprint density at radius 1 is 0.950 bits per heavy atom. The molecule has 1 aliphatic heterocycles. The van der Waals surface area contributed by atoms with Crippen LogP contribution >= 0.6 is 0 Å². The fraction of sp³-hybridized carbons (Fsp3) is 0.278. The molecule has 1 aliphatic rings. The van der Waals surface area contributed by atoms with Crippen LogP contribution in [0.2, 0.25) is 0 Å². The average Bonchev–Trinajstić information content (AvgIpc) is 2.49. The monoisotopic (exact) mass is 265 g/mol. The maximum Gasteiger partial charge on any atom is 0.228 e. The number of aryl methyl sites for hydroxylation is 1. The van der Waals surface area contributed by atoms with Crippen LogP contribution < -0.4 is 5.32 Å². The predicted octanol–water partition coefficient (Wildman–Crippen LogP) is 3.38. The summed E-state index contributed by atoms with van der Waals surface area (Å²) in [7, 11) is 0. The van der Waals surface area contributed by atoms with Crippen molar-refractivity contribution in [3.8, 4) is 0 Å². The summed E-state index contributed by atoms with van der Waals surface area (Å²) in [6.45, 7) is 2.85. The number of rotatable bonds is 2. The van der Waals surface area contributed by atoms with Crippen LogP contribution in [0.25, 0.3) is 0 Å². The molecule has 102 valence electrons. The second-order valence-corrected chi connectivity index (χ2v) is 5.49. The molecule has 1 saturated heterocycles. The molecule has 3 rings (SSSR count). The summed E-state index contributed by atoms with van der Waals surface area (Å²) in [4.78, 5) is 12.3. The van der Waals surface area contributed by atoms with Gasteiger partial charge >= 0.3 is 0 Å². The highest BCUT2D eigenvalue weighted by molar-refractivity contribution is 5.85. The normalized spacial score (nSPS) is 22.4. The summed E-state index contributed by atoms with van der Waals surface area (Å²) in [5.74, 6) is 0.340. The molecule has 2 nitrogen and oxygen atoms in total. The van der Waals surface area contributed by atoms with Crippen molar-refractivity contribution in [3.05, 3.63) is 71.3 Å². The lowest BCUT2D eigenvalue weighted by atomic mass is 9.77. The van der Waals surface area contributed by atoms with E-state index in [-0.39, 0.29) is 17.7 Å². The van der Waals surface area contributed by atoms with Crippen molar-refractivity contribution in [1.82, 2.24) is 5.32 Å². The van der Waals surface area contributed by atoms with Crippen molar-refractivity contribution in [2.45, 2.75) is 25.2 Å². The van der Waals surface area contributed by atoms with Gasteiger partial charge in [-0.2, -0.15) is 0 Å². The Labute approximate surface area is 119 Å². The largest absolute Gasteiger partial charge is 0.356 e. The Morgan fingerprint density at radius 2 is 1.65 bits per heavy atom. The van der Waals surface area contributed by atoms with Crippen molar-refractivity contribution in [2.24, 2.45) is 0 Å². The van der Waals surface area contributed by atoms with E-state index in [0.717, 1.165) is 18.5 Å². The third-order valence-corrected chi connectivity index (χ3v) is 4.10.